The maximum Gasteiger partial charge on any atom is 0.416 e. The topological polar surface area (TPSA) is 55.8 Å². The van der Waals surface area contributed by atoms with Gasteiger partial charge in [0, 0.05) is 0 Å². The van der Waals surface area contributed by atoms with Crippen molar-refractivity contribution in [3.63, 3.8) is 0 Å². The van der Waals surface area contributed by atoms with E-state index in [1.165, 1.54) is 12.1 Å². The molecule has 0 aromatic heterocycles. The summed E-state index contributed by atoms with van der Waals surface area (Å²) < 4.78 is 50.0. The molecule has 0 aliphatic heterocycles. The second-order valence-electron chi connectivity index (χ2n) is 8.16. The Morgan fingerprint density at radius 3 is 2.00 bits per heavy atom. The van der Waals surface area contributed by atoms with Gasteiger partial charge in [0.25, 0.3) is 0 Å². The fraction of sp³-hybridized carbons (Fsp3) is 0.269. The van der Waals surface area contributed by atoms with E-state index in [0.29, 0.717) is 40.4 Å². The minimum atomic E-state index is -4.44. The van der Waals surface area contributed by atoms with Crippen LogP contribution in [-0.4, -0.2) is 18.2 Å². The normalized spacial score (nSPS) is 12.5. The molecule has 0 spiro atoms. The van der Waals surface area contributed by atoms with Crippen molar-refractivity contribution in [1.29, 1.82) is 0 Å². The van der Waals surface area contributed by atoms with E-state index in [2.05, 4.69) is 0 Å². The highest BCUT2D eigenvalue weighted by atomic mass is 19.4. The van der Waals surface area contributed by atoms with Crippen LogP contribution in [0.15, 0.2) is 66.7 Å². The first-order valence-electron chi connectivity index (χ1n) is 10.4. The van der Waals surface area contributed by atoms with Gasteiger partial charge in [0.05, 0.1) is 18.6 Å². The van der Waals surface area contributed by atoms with E-state index in [4.69, 9.17) is 9.47 Å². The minimum absolute atomic E-state index is 0.131. The number of alkyl halides is 3. The number of aliphatic carboxylic acids is 1. The van der Waals surface area contributed by atoms with Crippen LogP contribution >= 0.6 is 0 Å². The Morgan fingerprint density at radius 2 is 1.48 bits per heavy atom. The number of carbonyl (C=O) groups is 1. The molecule has 0 fully saturated rings. The molecule has 0 heterocycles. The molecule has 1 unspecified atom stereocenters. The molecule has 33 heavy (non-hydrogen) atoms. The lowest BCUT2D eigenvalue weighted by atomic mass is 9.88. The Hall–Kier alpha value is -3.48. The van der Waals surface area contributed by atoms with Crippen molar-refractivity contribution in [2.45, 2.75) is 32.4 Å². The summed E-state index contributed by atoms with van der Waals surface area (Å²) >= 11 is 0. The summed E-state index contributed by atoms with van der Waals surface area (Å²) in [6, 6.07) is 16.7. The van der Waals surface area contributed by atoms with Gasteiger partial charge in [-0.25, -0.2) is 0 Å². The van der Waals surface area contributed by atoms with Gasteiger partial charge in [-0.2, -0.15) is 13.2 Å². The maximum atomic E-state index is 13.0. The van der Waals surface area contributed by atoms with Gasteiger partial charge in [-0.15, -0.1) is 0 Å². The van der Waals surface area contributed by atoms with Gasteiger partial charge in [-0.05, 0) is 77.6 Å². The summed E-state index contributed by atoms with van der Waals surface area (Å²) in [5, 5.41) is 9.82. The summed E-state index contributed by atoms with van der Waals surface area (Å²) in [5.41, 5.74) is 0.871. The molecule has 0 saturated carbocycles. The molecule has 1 atom stereocenters. The Bertz CT molecular complexity index is 1090. The van der Waals surface area contributed by atoms with Crippen molar-refractivity contribution in [3.8, 4) is 28.4 Å². The maximum absolute atomic E-state index is 13.0. The third-order valence-corrected chi connectivity index (χ3v) is 5.18. The van der Waals surface area contributed by atoms with Crippen LogP contribution in [0.1, 0.15) is 37.3 Å². The molecular formula is C26H25F3O4. The molecule has 0 radical (unpaired) electrons. The van der Waals surface area contributed by atoms with E-state index in [9.17, 15) is 23.1 Å². The van der Waals surface area contributed by atoms with Crippen LogP contribution in [0.2, 0.25) is 0 Å². The van der Waals surface area contributed by atoms with Crippen LogP contribution in [0.3, 0.4) is 0 Å². The Kier molecular flexibility index (Phi) is 7.31. The Labute approximate surface area is 190 Å². The monoisotopic (exact) mass is 458 g/mol. The van der Waals surface area contributed by atoms with Gasteiger partial charge in [-0.3, -0.25) is 4.79 Å². The largest absolute Gasteiger partial charge is 0.497 e. The van der Waals surface area contributed by atoms with E-state index in [-0.39, 0.29) is 5.92 Å². The predicted octanol–water partition coefficient (Wildman–Crippen LogP) is 7.39. The number of rotatable bonds is 8. The molecule has 0 aliphatic carbocycles. The SMILES string of the molecule is COc1ccc(Oc2cc(-c3ccc(C(F)(F)F)cc3)cc(C(CC(C)C)C(=O)O)c2)cc1. The van der Waals surface area contributed by atoms with Gasteiger partial charge in [0.15, 0.2) is 0 Å². The van der Waals surface area contributed by atoms with E-state index in [1.807, 2.05) is 13.8 Å². The van der Waals surface area contributed by atoms with E-state index in [0.717, 1.165) is 12.1 Å². The van der Waals surface area contributed by atoms with Crippen LogP contribution in [0.25, 0.3) is 11.1 Å². The highest BCUT2D eigenvalue weighted by Gasteiger charge is 2.30. The number of carboxylic acids is 1. The van der Waals surface area contributed by atoms with Crippen molar-refractivity contribution in [1.82, 2.24) is 0 Å². The first-order chi connectivity index (χ1) is 15.6. The highest BCUT2D eigenvalue weighted by Crippen LogP contribution is 2.36. The fourth-order valence-corrected chi connectivity index (χ4v) is 3.53. The summed E-state index contributed by atoms with van der Waals surface area (Å²) in [6.45, 7) is 3.87. The van der Waals surface area contributed by atoms with E-state index in [1.54, 1.807) is 49.6 Å². The van der Waals surface area contributed by atoms with Gasteiger partial charge in [0.1, 0.15) is 17.2 Å². The van der Waals surface area contributed by atoms with Crippen LogP contribution < -0.4 is 9.47 Å². The molecule has 1 N–H and O–H groups in total. The first kappa shape index (κ1) is 24.2. The second kappa shape index (κ2) is 9.98. The average Bonchev–Trinajstić information content (AvgIpc) is 2.77. The molecule has 7 heteroatoms. The molecular weight excluding hydrogens is 433 g/mol. The van der Waals surface area contributed by atoms with Crippen molar-refractivity contribution >= 4 is 5.97 Å². The number of benzene rings is 3. The van der Waals surface area contributed by atoms with Crippen molar-refractivity contribution in [2.75, 3.05) is 7.11 Å². The van der Waals surface area contributed by atoms with Crippen LogP contribution in [-0.2, 0) is 11.0 Å². The number of ether oxygens (including phenoxy) is 2. The summed E-state index contributed by atoms with van der Waals surface area (Å²) in [6.07, 6.45) is -4.03. The van der Waals surface area contributed by atoms with Crippen LogP contribution in [0.5, 0.6) is 17.2 Å². The molecule has 0 saturated heterocycles. The first-order valence-corrected chi connectivity index (χ1v) is 10.4. The van der Waals surface area contributed by atoms with Gasteiger partial charge in [-0.1, -0.05) is 32.0 Å². The zero-order chi connectivity index (χ0) is 24.2. The molecule has 3 aromatic carbocycles. The number of hydrogen-bond donors (Lipinski definition) is 1. The third-order valence-electron chi connectivity index (χ3n) is 5.18. The molecule has 0 amide bonds. The molecule has 3 rings (SSSR count). The fourth-order valence-electron chi connectivity index (χ4n) is 3.53. The minimum Gasteiger partial charge on any atom is -0.497 e. The lowest BCUT2D eigenvalue weighted by molar-refractivity contribution is -0.139. The zero-order valence-electron chi connectivity index (χ0n) is 18.5. The summed E-state index contributed by atoms with van der Waals surface area (Å²) in [5.74, 6) is -0.0536. The van der Waals surface area contributed by atoms with Crippen LogP contribution in [0, 0.1) is 5.92 Å². The van der Waals surface area contributed by atoms with Gasteiger partial charge < -0.3 is 14.6 Å². The van der Waals surface area contributed by atoms with Gasteiger partial charge >= 0.3 is 12.1 Å². The van der Waals surface area contributed by atoms with Crippen molar-refractivity contribution < 1.29 is 32.5 Å². The Morgan fingerprint density at radius 1 is 0.879 bits per heavy atom. The molecule has 174 valence electrons. The number of carboxylic acid groups (broad SMARTS) is 1. The predicted molar refractivity (Wildman–Crippen MR) is 120 cm³/mol. The molecule has 3 aromatic rings. The van der Waals surface area contributed by atoms with Crippen LogP contribution in [0.4, 0.5) is 13.2 Å². The Balaban J connectivity index is 2.05. The summed E-state index contributed by atoms with van der Waals surface area (Å²) in [7, 11) is 1.55. The van der Waals surface area contributed by atoms with E-state index < -0.39 is 23.6 Å². The lowest BCUT2D eigenvalue weighted by Crippen LogP contribution is -2.14. The standard InChI is InChI=1S/C26H25F3O4/c1-16(2)12-24(25(30)31)19-13-18(17-4-6-20(7-5-17)26(27,28)29)14-23(15-19)33-22-10-8-21(32-3)9-11-22/h4-11,13-16,24H,12H2,1-3H3,(H,30,31). The zero-order valence-corrected chi connectivity index (χ0v) is 18.5. The molecule has 0 aliphatic rings. The van der Waals surface area contributed by atoms with Gasteiger partial charge in [0.2, 0.25) is 0 Å². The number of hydrogen-bond acceptors (Lipinski definition) is 3. The van der Waals surface area contributed by atoms with Crippen molar-refractivity contribution in [2.24, 2.45) is 5.92 Å². The average molecular weight is 458 g/mol. The third kappa shape index (κ3) is 6.28. The second-order valence-corrected chi connectivity index (χ2v) is 8.16. The number of methoxy groups -OCH3 is 1. The van der Waals surface area contributed by atoms with E-state index >= 15 is 0 Å². The summed E-state index contributed by atoms with van der Waals surface area (Å²) in [4.78, 5) is 12.0. The highest BCUT2D eigenvalue weighted by molar-refractivity contribution is 5.78. The smallest absolute Gasteiger partial charge is 0.416 e. The molecule has 4 nitrogen and oxygen atoms in total. The number of halogens is 3. The quantitative estimate of drug-likeness (QED) is 0.382. The lowest BCUT2D eigenvalue weighted by Gasteiger charge is -2.18. The molecule has 0 bridgehead atoms. The van der Waals surface area contributed by atoms with Crippen molar-refractivity contribution in [3.05, 3.63) is 77.9 Å².